The highest BCUT2D eigenvalue weighted by Gasteiger charge is 2.30. The summed E-state index contributed by atoms with van der Waals surface area (Å²) in [5, 5.41) is 8.50. The summed E-state index contributed by atoms with van der Waals surface area (Å²) in [6.07, 6.45) is 17.2. The van der Waals surface area contributed by atoms with Gasteiger partial charge >= 0.3 is 6.18 Å². The first kappa shape index (κ1) is 22.4. The molecule has 2 saturated carbocycles. The van der Waals surface area contributed by atoms with Gasteiger partial charge in [-0.3, -0.25) is 0 Å². The van der Waals surface area contributed by atoms with Crippen molar-refractivity contribution in [2.24, 2.45) is 17.8 Å². The number of hydrogen-bond acceptors (Lipinski definition) is 1. The first-order chi connectivity index (χ1) is 14.5. The predicted molar refractivity (Wildman–Crippen MR) is 115 cm³/mol. The number of alkyl halides is 3. The van der Waals surface area contributed by atoms with Gasteiger partial charge in [0.05, 0.1) is 11.6 Å². The summed E-state index contributed by atoms with van der Waals surface area (Å²) in [6.45, 7) is 0. The second kappa shape index (κ2) is 10.7. The second-order valence-electron chi connectivity index (χ2n) is 8.66. The lowest BCUT2D eigenvalue weighted by Crippen LogP contribution is -2.14. The topological polar surface area (TPSA) is 23.8 Å². The molecule has 1 aromatic rings. The van der Waals surface area contributed by atoms with Gasteiger partial charge in [0.2, 0.25) is 0 Å². The number of rotatable bonds is 5. The van der Waals surface area contributed by atoms with E-state index in [2.05, 4.69) is 18.2 Å². The average molecular weight is 414 g/mol. The van der Waals surface area contributed by atoms with Crippen LogP contribution in [0, 0.1) is 29.1 Å². The average Bonchev–Trinajstić information content (AvgIpc) is 2.76. The molecule has 0 unspecified atom stereocenters. The van der Waals surface area contributed by atoms with Crippen molar-refractivity contribution in [3.8, 4) is 6.07 Å². The summed E-state index contributed by atoms with van der Waals surface area (Å²) in [5.41, 5.74) is 0.480. The summed E-state index contributed by atoms with van der Waals surface area (Å²) in [6, 6.07) is 7.75. The van der Waals surface area contributed by atoms with E-state index < -0.39 is 11.7 Å². The molecular formula is C26H30F3N. The van der Waals surface area contributed by atoms with Crippen molar-refractivity contribution in [3.63, 3.8) is 0 Å². The fourth-order valence-corrected chi connectivity index (χ4v) is 4.75. The minimum absolute atomic E-state index is 0.384. The highest BCUT2D eigenvalue weighted by atomic mass is 19.4. The van der Waals surface area contributed by atoms with Crippen LogP contribution in [0.15, 0.2) is 60.7 Å². The Labute approximate surface area is 178 Å². The van der Waals surface area contributed by atoms with Gasteiger partial charge < -0.3 is 0 Å². The molecule has 0 aromatic heterocycles. The number of allylic oxidation sites excluding steroid dienone is 6. The number of nitriles is 1. The van der Waals surface area contributed by atoms with Gasteiger partial charge in [0, 0.05) is 6.08 Å². The van der Waals surface area contributed by atoms with Crippen molar-refractivity contribution in [1.29, 1.82) is 5.26 Å². The molecule has 2 fully saturated rings. The Hall–Kier alpha value is -2.28. The van der Waals surface area contributed by atoms with E-state index in [1.807, 2.05) is 12.1 Å². The molecule has 1 aromatic carbocycles. The summed E-state index contributed by atoms with van der Waals surface area (Å²) in [5.74, 6) is 2.27. The molecular weight excluding hydrogens is 383 g/mol. The van der Waals surface area contributed by atoms with Gasteiger partial charge in [0.25, 0.3) is 0 Å². The molecule has 2 aliphatic rings. The maximum absolute atomic E-state index is 12.7. The molecule has 160 valence electrons. The standard InChI is InChI=1S/C26H30F3N/c27-26(28,29)25-17-15-24(16-18-25)23-13-11-22(12-14-23)10-9-21-7-5-20(6-8-21)4-2-1-3-19-30/h1-4,9-10,15-18,20-23H,5-8,11-14H2/b3-1?,4-2?,10-9+. The lowest BCUT2D eigenvalue weighted by molar-refractivity contribution is -0.137. The van der Waals surface area contributed by atoms with E-state index >= 15 is 0 Å². The van der Waals surface area contributed by atoms with E-state index in [4.69, 9.17) is 5.26 Å². The summed E-state index contributed by atoms with van der Waals surface area (Å²) >= 11 is 0. The van der Waals surface area contributed by atoms with Crippen LogP contribution in [-0.2, 0) is 6.18 Å². The number of nitrogens with zero attached hydrogens (tertiary/aromatic N) is 1. The molecule has 1 nitrogen and oxygen atoms in total. The number of halogens is 3. The lowest BCUT2D eigenvalue weighted by atomic mass is 9.77. The van der Waals surface area contributed by atoms with Crippen molar-refractivity contribution in [2.45, 2.75) is 63.5 Å². The largest absolute Gasteiger partial charge is 0.416 e. The molecule has 0 N–H and O–H groups in total. The van der Waals surface area contributed by atoms with Crippen molar-refractivity contribution in [2.75, 3.05) is 0 Å². The zero-order valence-corrected chi connectivity index (χ0v) is 17.3. The summed E-state index contributed by atoms with van der Waals surface area (Å²) < 4.78 is 38.2. The van der Waals surface area contributed by atoms with Gasteiger partial charge in [0.15, 0.2) is 0 Å². The Balaban J connectivity index is 1.41. The number of benzene rings is 1. The highest BCUT2D eigenvalue weighted by Crippen LogP contribution is 2.38. The Morgan fingerprint density at radius 1 is 0.733 bits per heavy atom. The fraction of sp³-hybridized carbons (Fsp3) is 0.500. The van der Waals surface area contributed by atoms with Crippen molar-refractivity contribution >= 4 is 0 Å². The molecule has 4 heteroatoms. The van der Waals surface area contributed by atoms with Crippen LogP contribution in [0.2, 0.25) is 0 Å². The van der Waals surface area contributed by atoms with Crippen molar-refractivity contribution in [1.82, 2.24) is 0 Å². The van der Waals surface area contributed by atoms with Gasteiger partial charge in [-0.1, -0.05) is 42.5 Å². The molecule has 0 amide bonds. The quantitative estimate of drug-likeness (QED) is 0.273. The Kier molecular flexibility index (Phi) is 7.96. The minimum Gasteiger partial charge on any atom is -0.193 e. The van der Waals surface area contributed by atoms with Crippen LogP contribution in [0.3, 0.4) is 0 Å². The maximum Gasteiger partial charge on any atom is 0.416 e. The minimum atomic E-state index is -4.26. The van der Waals surface area contributed by atoms with Gasteiger partial charge in [-0.25, -0.2) is 0 Å². The molecule has 0 radical (unpaired) electrons. The Morgan fingerprint density at radius 2 is 1.23 bits per heavy atom. The molecule has 0 bridgehead atoms. The number of hydrogen-bond donors (Lipinski definition) is 0. The smallest absolute Gasteiger partial charge is 0.193 e. The van der Waals surface area contributed by atoms with Gasteiger partial charge in [0.1, 0.15) is 0 Å². The third kappa shape index (κ3) is 6.62. The molecule has 0 aliphatic heterocycles. The summed E-state index contributed by atoms with van der Waals surface area (Å²) in [7, 11) is 0. The van der Waals surface area contributed by atoms with Crippen molar-refractivity contribution in [3.05, 3.63) is 71.8 Å². The zero-order chi connectivity index (χ0) is 21.4. The van der Waals surface area contributed by atoms with Crippen LogP contribution in [-0.4, -0.2) is 0 Å². The molecule has 2 aliphatic carbocycles. The van der Waals surface area contributed by atoms with E-state index in [-0.39, 0.29) is 0 Å². The first-order valence-corrected chi connectivity index (χ1v) is 11.0. The van der Waals surface area contributed by atoms with Gasteiger partial charge in [-0.15, -0.1) is 0 Å². The SMILES string of the molecule is N#CC=CC=CC1CCC(/C=C/C2CCC(c3ccc(C(F)(F)F)cc3)CC2)CC1. The van der Waals surface area contributed by atoms with Crippen LogP contribution in [0.5, 0.6) is 0 Å². The molecule has 3 rings (SSSR count). The fourth-order valence-electron chi connectivity index (χ4n) is 4.75. The summed E-state index contributed by atoms with van der Waals surface area (Å²) in [4.78, 5) is 0. The first-order valence-electron chi connectivity index (χ1n) is 11.0. The van der Waals surface area contributed by atoms with Crippen molar-refractivity contribution < 1.29 is 13.2 Å². The molecule has 30 heavy (non-hydrogen) atoms. The second-order valence-corrected chi connectivity index (χ2v) is 8.66. The Bertz CT molecular complexity index is 779. The third-order valence-corrected chi connectivity index (χ3v) is 6.62. The molecule has 0 heterocycles. The monoisotopic (exact) mass is 413 g/mol. The van der Waals surface area contributed by atoms with Gasteiger partial charge in [-0.05, 0) is 92.7 Å². The predicted octanol–water partition coefficient (Wildman–Crippen LogP) is 7.98. The Morgan fingerprint density at radius 3 is 1.73 bits per heavy atom. The maximum atomic E-state index is 12.7. The molecule has 0 saturated heterocycles. The van der Waals surface area contributed by atoms with Crippen LogP contribution < -0.4 is 0 Å². The van der Waals surface area contributed by atoms with Crippen LogP contribution in [0.1, 0.15) is 68.4 Å². The van der Waals surface area contributed by atoms with Crippen LogP contribution >= 0.6 is 0 Å². The lowest BCUT2D eigenvalue weighted by Gasteiger charge is -2.28. The van der Waals surface area contributed by atoms with E-state index in [0.717, 1.165) is 31.2 Å². The van der Waals surface area contributed by atoms with Crippen LogP contribution in [0.25, 0.3) is 0 Å². The molecule has 0 atom stereocenters. The van der Waals surface area contributed by atoms with Crippen LogP contribution in [0.4, 0.5) is 13.2 Å². The van der Waals surface area contributed by atoms with Gasteiger partial charge in [-0.2, -0.15) is 18.4 Å². The zero-order valence-electron chi connectivity index (χ0n) is 17.3. The normalized spacial score (nSPS) is 28.3. The van der Waals surface area contributed by atoms with E-state index in [0.29, 0.717) is 23.7 Å². The van der Waals surface area contributed by atoms with E-state index in [1.54, 1.807) is 18.2 Å². The van der Waals surface area contributed by atoms with E-state index in [9.17, 15) is 13.2 Å². The van der Waals surface area contributed by atoms with E-state index in [1.165, 1.54) is 43.9 Å². The highest BCUT2D eigenvalue weighted by molar-refractivity contribution is 5.27. The molecule has 0 spiro atoms. The third-order valence-electron chi connectivity index (χ3n) is 6.62.